The van der Waals surface area contributed by atoms with Crippen molar-refractivity contribution >= 4 is 22.7 Å². The molecule has 3 heterocycles. The van der Waals surface area contributed by atoms with Gasteiger partial charge in [0.2, 0.25) is 0 Å². The van der Waals surface area contributed by atoms with Crippen molar-refractivity contribution in [2.75, 3.05) is 38.2 Å². The molecule has 0 bridgehead atoms. The quantitative estimate of drug-likeness (QED) is 0.448. The number of hydrogen-bond donors (Lipinski definition) is 0. The number of rotatable bonds is 4. The number of methoxy groups -OCH3 is 1. The van der Waals surface area contributed by atoms with Crippen LogP contribution >= 0.6 is 0 Å². The molecule has 0 aliphatic carbocycles. The highest BCUT2D eigenvalue weighted by Crippen LogP contribution is 2.23. The molecule has 1 aliphatic rings. The zero-order valence-corrected chi connectivity index (χ0v) is 18.1. The summed E-state index contributed by atoms with van der Waals surface area (Å²) in [7, 11) is 1.63. The van der Waals surface area contributed by atoms with Crippen LogP contribution in [-0.4, -0.2) is 54.3 Å². The fraction of sp³-hybridized carbons (Fsp3) is 0.200. The Kier molecular flexibility index (Phi) is 5.48. The van der Waals surface area contributed by atoms with Crippen LogP contribution in [0.1, 0.15) is 10.4 Å². The lowest BCUT2D eigenvalue weighted by atomic mass is 10.1. The molecule has 5 rings (SSSR count). The third kappa shape index (κ3) is 4.15. The molecule has 4 aromatic rings. The van der Waals surface area contributed by atoms with Crippen LogP contribution in [0, 0.1) is 0 Å². The standard InChI is InChI=1S/C25H22N4O4/c1-32-19-7-4-6-17(15-19)21-9-10-23(27-26-21)28-11-13-29(14-12-28)24(30)20-16-18-5-2-3-8-22(18)33-25(20)31/h2-10,15-16H,11-14H2,1H3. The number of amides is 1. The van der Waals surface area contributed by atoms with Gasteiger partial charge >= 0.3 is 5.63 Å². The van der Waals surface area contributed by atoms with Crippen LogP contribution < -0.4 is 15.3 Å². The first-order chi connectivity index (χ1) is 16.1. The molecule has 1 fully saturated rings. The molecule has 8 nitrogen and oxygen atoms in total. The fourth-order valence-electron chi connectivity index (χ4n) is 3.95. The number of anilines is 1. The molecule has 0 atom stereocenters. The van der Waals surface area contributed by atoms with E-state index in [1.165, 1.54) is 0 Å². The van der Waals surface area contributed by atoms with Crippen molar-refractivity contribution in [2.24, 2.45) is 0 Å². The largest absolute Gasteiger partial charge is 0.497 e. The minimum absolute atomic E-state index is 0.0598. The van der Waals surface area contributed by atoms with Gasteiger partial charge in [-0.05, 0) is 36.4 Å². The van der Waals surface area contributed by atoms with Crippen LogP contribution in [0.5, 0.6) is 5.75 Å². The van der Waals surface area contributed by atoms with Crippen LogP contribution in [0.4, 0.5) is 5.82 Å². The van der Waals surface area contributed by atoms with Gasteiger partial charge in [0.25, 0.3) is 5.91 Å². The predicted octanol–water partition coefficient (Wildman–Crippen LogP) is 3.22. The first-order valence-corrected chi connectivity index (χ1v) is 10.7. The highest BCUT2D eigenvalue weighted by Gasteiger charge is 2.25. The molecule has 2 aromatic heterocycles. The predicted molar refractivity (Wildman–Crippen MR) is 125 cm³/mol. The smallest absolute Gasteiger partial charge is 0.349 e. The number of carbonyl (C=O) groups is 1. The summed E-state index contributed by atoms with van der Waals surface area (Å²) in [5.41, 5.74) is 1.61. The number of para-hydroxylation sites is 1. The van der Waals surface area contributed by atoms with Crippen LogP contribution in [0.2, 0.25) is 0 Å². The minimum Gasteiger partial charge on any atom is -0.497 e. The van der Waals surface area contributed by atoms with Gasteiger partial charge in [-0.3, -0.25) is 4.79 Å². The number of ether oxygens (including phenoxy) is 1. The van der Waals surface area contributed by atoms with Crippen molar-refractivity contribution in [3.8, 4) is 17.0 Å². The van der Waals surface area contributed by atoms with Gasteiger partial charge in [-0.1, -0.05) is 30.3 Å². The van der Waals surface area contributed by atoms with Crippen molar-refractivity contribution in [1.29, 1.82) is 0 Å². The van der Waals surface area contributed by atoms with E-state index in [0.717, 1.165) is 28.2 Å². The van der Waals surface area contributed by atoms with E-state index in [0.29, 0.717) is 31.8 Å². The van der Waals surface area contributed by atoms with E-state index in [1.807, 2.05) is 48.5 Å². The van der Waals surface area contributed by atoms with E-state index in [-0.39, 0.29) is 11.5 Å². The number of carbonyl (C=O) groups excluding carboxylic acids is 1. The summed E-state index contributed by atoms with van der Waals surface area (Å²) in [5, 5.41) is 9.46. The van der Waals surface area contributed by atoms with Gasteiger partial charge in [0, 0.05) is 37.1 Å². The maximum absolute atomic E-state index is 13.0. The molecule has 8 heteroatoms. The van der Waals surface area contributed by atoms with Crippen LogP contribution in [0.3, 0.4) is 0 Å². The van der Waals surface area contributed by atoms with Gasteiger partial charge in [0.15, 0.2) is 5.82 Å². The first kappa shape index (κ1) is 20.7. The van der Waals surface area contributed by atoms with Gasteiger partial charge in [-0.2, -0.15) is 0 Å². The van der Waals surface area contributed by atoms with Crippen LogP contribution in [0.15, 0.2) is 75.9 Å². The summed E-state index contributed by atoms with van der Waals surface area (Å²) in [6.45, 7) is 2.14. The van der Waals surface area contributed by atoms with Gasteiger partial charge in [-0.25, -0.2) is 4.79 Å². The summed E-state index contributed by atoms with van der Waals surface area (Å²) in [6.07, 6.45) is 0. The summed E-state index contributed by atoms with van der Waals surface area (Å²) in [4.78, 5) is 29.1. The topological polar surface area (TPSA) is 88.8 Å². The Bertz CT molecular complexity index is 1360. The average Bonchev–Trinajstić information content (AvgIpc) is 2.88. The molecule has 1 saturated heterocycles. The summed E-state index contributed by atoms with van der Waals surface area (Å²) in [6, 6.07) is 20.3. The Balaban J connectivity index is 1.27. The van der Waals surface area contributed by atoms with Gasteiger partial charge in [-0.15, -0.1) is 10.2 Å². The second kappa shape index (κ2) is 8.74. The van der Waals surface area contributed by atoms with Crippen molar-refractivity contribution in [1.82, 2.24) is 15.1 Å². The summed E-state index contributed by atoms with van der Waals surface area (Å²) in [5.74, 6) is 1.20. The molecule has 0 saturated carbocycles. The molecule has 1 aliphatic heterocycles. The number of hydrogen-bond acceptors (Lipinski definition) is 7. The Labute approximate surface area is 190 Å². The van der Waals surface area contributed by atoms with E-state index in [9.17, 15) is 9.59 Å². The Hall–Kier alpha value is -4.20. The van der Waals surface area contributed by atoms with Gasteiger partial charge < -0.3 is 19.0 Å². The van der Waals surface area contributed by atoms with E-state index in [2.05, 4.69) is 15.1 Å². The number of benzene rings is 2. The van der Waals surface area contributed by atoms with Crippen LogP contribution in [-0.2, 0) is 0 Å². The monoisotopic (exact) mass is 442 g/mol. The molecule has 0 radical (unpaired) electrons. The van der Waals surface area contributed by atoms with Crippen molar-refractivity contribution in [3.63, 3.8) is 0 Å². The number of aromatic nitrogens is 2. The van der Waals surface area contributed by atoms with E-state index in [1.54, 1.807) is 30.2 Å². The molecule has 1 amide bonds. The van der Waals surface area contributed by atoms with Crippen molar-refractivity contribution in [2.45, 2.75) is 0 Å². The molecule has 0 unspecified atom stereocenters. The van der Waals surface area contributed by atoms with E-state index in [4.69, 9.17) is 9.15 Å². The van der Waals surface area contributed by atoms with E-state index >= 15 is 0 Å². The highest BCUT2D eigenvalue weighted by molar-refractivity contribution is 5.96. The molecule has 2 aromatic carbocycles. The second-order valence-corrected chi connectivity index (χ2v) is 7.77. The first-order valence-electron chi connectivity index (χ1n) is 10.7. The zero-order chi connectivity index (χ0) is 22.8. The Morgan fingerprint density at radius 2 is 1.76 bits per heavy atom. The number of nitrogens with zero attached hydrogens (tertiary/aromatic N) is 4. The Morgan fingerprint density at radius 1 is 0.939 bits per heavy atom. The van der Waals surface area contributed by atoms with Gasteiger partial charge in [0.05, 0.1) is 12.8 Å². The average molecular weight is 442 g/mol. The van der Waals surface area contributed by atoms with Crippen molar-refractivity contribution in [3.05, 3.63) is 82.7 Å². The normalized spacial score (nSPS) is 13.8. The molecule has 33 heavy (non-hydrogen) atoms. The SMILES string of the molecule is COc1cccc(-c2ccc(N3CCN(C(=O)c4cc5ccccc5oc4=O)CC3)nn2)c1. The maximum Gasteiger partial charge on any atom is 0.349 e. The third-order valence-electron chi connectivity index (χ3n) is 5.78. The molecular weight excluding hydrogens is 420 g/mol. The second-order valence-electron chi connectivity index (χ2n) is 7.77. The number of piperazine rings is 1. The Morgan fingerprint density at radius 3 is 2.52 bits per heavy atom. The third-order valence-corrected chi connectivity index (χ3v) is 5.78. The number of fused-ring (bicyclic) bond motifs is 1. The van der Waals surface area contributed by atoms with Gasteiger partial charge in [0.1, 0.15) is 16.9 Å². The van der Waals surface area contributed by atoms with E-state index < -0.39 is 5.63 Å². The lowest BCUT2D eigenvalue weighted by molar-refractivity contribution is 0.0742. The fourth-order valence-corrected chi connectivity index (χ4v) is 3.95. The van der Waals surface area contributed by atoms with Crippen LogP contribution in [0.25, 0.3) is 22.2 Å². The molecule has 166 valence electrons. The lowest BCUT2D eigenvalue weighted by Crippen LogP contribution is -2.49. The summed E-state index contributed by atoms with van der Waals surface area (Å²) < 4.78 is 10.6. The maximum atomic E-state index is 13.0. The highest BCUT2D eigenvalue weighted by atomic mass is 16.5. The zero-order valence-electron chi connectivity index (χ0n) is 18.1. The minimum atomic E-state index is -0.611. The van der Waals surface area contributed by atoms with Crippen molar-refractivity contribution < 1.29 is 13.9 Å². The lowest BCUT2D eigenvalue weighted by Gasteiger charge is -2.35. The molecule has 0 spiro atoms. The molecular formula is C25H22N4O4. The summed E-state index contributed by atoms with van der Waals surface area (Å²) >= 11 is 0. The molecule has 0 N–H and O–H groups in total.